The van der Waals surface area contributed by atoms with E-state index in [1.54, 1.807) is 12.3 Å². The van der Waals surface area contributed by atoms with Crippen molar-refractivity contribution in [1.29, 1.82) is 0 Å². The normalized spacial score (nSPS) is 24.1. The molecule has 4 aliphatic rings. The number of hydrogen-bond donors (Lipinski definition) is 2. The number of tetrazole rings is 1. The van der Waals surface area contributed by atoms with Crippen molar-refractivity contribution in [2.24, 2.45) is 4.99 Å². The molecule has 38 heavy (non-hydrogen) atoms. The highest BCUT2D eigenvalue weighted by molar-refractivity contribution is 6.31. The van der Waals surface area contributed by atoms with Gasteiger partial charge in [0, 0.05) is 35.5 Å². The lowest BCUT2D eigenvalue weighted by atomic mass is 9.92. The number of aliphatic imine (C=N–C) groups is 1. The van der Waals surface area contributed by atoms with E-state index in [1.807, 2.05) is 23.1 Å². The Kier molecular flexibility index (Phi) is 5.11. The molecule has 3 atom stereocenters. The molecule has 1 saturated heterocycles. The number of halogens is 2. The van der Waals surface area contributed by atoms with Gasteiger partial charge < -0.3 is 15.2 Å². The number of carbonyl (C=O) groups is 2. The summed E-state index contributed by atoms with van der Waals surface area (Å²) in [6.07, 6.45) is 12.2. The largest absolute Gasteiger partial charge is 0.346 e. The van der Waals surface area contributed by atoms with Crippen LogP contribution in [0, 0.1) is 5.82 Å². The number of benzene rings is 1. The minimum Gasteiger partial charge on any atom is -0.343 e. The zero-order valence-electron chi connectivity index (χ0n) is 19.7. The Bertz CT molecular complexity index is 1620. The van der Waals surface area contributed by atoms with E-state index in [4.69, 9.17) is 11.6 Å². The number of urea groups is 1. The Balaban J connectivity index is 1.17. The third-order valence-corrected chi connectivity index (χ3v) is 7.63. The predicted molar refractivity (Wildman–Crippen MR) is 134 cm³/mol. The van der Waals surface area contributed by atoms with Crippen molar-refractivity contribution in [3.05, 3.63) is 82.6 Å². The van der Waals surface area contributed by atoms with Gasteiger partial charge in [-0.1, -0.05) is 17.7 Å². The second kappa shape index (κ2) is 8.55. The number of carbonyl (C=O) groups excluding carboxylic acids is 2. The number of nitrogens with zero attached hydrogens (tertiary/aromatic N) is 7. The van der Waals surface area contributed by atoms with Gasteiger partial charge in [0.25, 0.3) is 0 Å². The summed E-state index contributed by atoms with van der Waals surface area (Å²) in [6.45, 7) is 0. The minimum absolute atomic E-state index is 0.0395. The molecule has 190 valence electrons. The van der Waals surface area contributed by atoms with Gasteiger partial charge in [0.1, 0.15) is 12.2 Å². The Morgan fingerprint density at radius 3 is 2.92 bits per heavy atom. The van der Waals surface area contributed by atoms with Gasteiger partial charge in [-0.15, -0.1) is 5.10 Å². The highest BCUT2D eigenvalue weighted by atomic mass is 35.5. The van der Waals surface area contributed by atoms with Crippen molar-refractivity contribution in [3.63, 3.8) is 0 Å². The molecule has 7 rings (SSSR count). The van der Waals surface area contributed by atoms with E-state index in [0.29, 0.717) is 34.9 Å². The fourth-order valence-electron chi connectivity index (χ4n) is 5.65. The van der Waals surface area contributed by atoms with E-state index < -0.39 is 5.82 Å². The number of allylic oxidation sites excluding steroid dienone is 3. The Hall–Kier alpha value is -4.45. The van der Waals surface area contributed by atoms with E-state index in [9.17, 15) is 9.59 Å². The molecule has 13 heteroatoms. The molecule has 11 nitrogen and oxygen atoms in total. The average Bonchev–Trinajstić information content (AvgIpc) is 3.70. The van der Waals surface area contributed by atoms with E-state index in [0.717, 1.165) is 18.5 Å². The van der Waals surface area contributed by atoms with Gasteiger partial charge in [0.2, 0.25) is 5.91 Å². The van der Waals surface area contributed by atoms with Crippen LogP contribution in [0.3, 0.4) is 0 Å². The van der Waals surface area contributed by atoms with Gasteiger partial charge in [-0.2, -0.15) is 9.67 Å². The summed E-state index contributed by atoms with van der Waals surface area (Å²) in [5.41, 5.74) is 3.33. The van der Waals surface area contributed by atoms with Crippen molar-refractivity contribution in [1.82, 2.24) is 40.4 Å². The smallest absolute Gasteiger partial charge is 0.343 e. The minimum atomic E-state index is -0.612. The summed E-state index contributed by atoms with van der Waals surface area (Å²) in [6, 6.07) is 2.35. The van der Waals surface area contributed by atoms with Gasteiger partial charge in [0.15, 0.2) is 5.82 Å². The van der Waals surface area contributed by atoms with Crippen LogP contribution in [0.1, 0.15) is 48.3 Å². The molecule has 2 N–H and O–H groups in total. The van der Waals surface area contributed by atoms with E-state index in [1.165, 1.54) is 23.2 Å². The van der Waals surface area contributed by atoms with Crippen molar-refractivity contribution in [3.8, 4) is 5.69 Å². The number of imidazole rings is 1. The number of fused-ring (bicyclic) bond motifs is 2. The maximum atomic E-state index is 15.3. The Morgan fingerprint density at radius 1 is 1.18 bits per heavy atom. The molecule has 5 heterocycles. The number of nitrogens with one attached hydrogen (secondary N) is 2. The lowest BCUT2D eigenvalue weighted by molar-refractivity contribution is -0.129. The number of aromatic nitrogens is 6. The van der Waals surface area contributed by atoms with Crippen LogP contribution < -0.4 is 5.32 Å². The van der Waals surface area contributed by atoms with Crippen LogP contribution in [0.2, 0.25) is 5.02 Å². The highest BCUT2D eigenvalue weighted by Gasteiger charge is 2.42. The van der Waals surface area contributed by atoms with Crippen LogP contribution in [-0.2, 0) is 4.79 Å². The SMILES string of the molecule is O=C1N=C2C=CC(c3cnc([C@@H]4CC[C@@H]5CC(c6c(-n7cnnn7)ccc(Cl)c6F)=CC(=O)N54)[nH]3)C=C2N1. The molecule has 1 unspecified atom stereocenters. The second-order valence-electron chi connectivity index (χ2n) is 9.49. The maximum absolute atomic E-state index is 15.3. The van der Waals surface area contributed by atoms with Crippen LogP contribution in [0.25, 0.3) is 11.3 Å². The summed E-state index contributed by atoms with van der Waals surface area (Å²) in [4.78, 5) is 38.7. The quantitative estimate of drug-likeness (QED) is 0.530. The first-order valence-corrected chi connectivity index (χ1v) is 12.4. The zero-order chi connectivity index (χ0) is 26.0. The summed E-state index contributed by atoms with van der Waals surface area (Å²) in [5, 5.41) is 13.9. The number of hydrogen-bond acceptors (Lipinski definition) is 6. The van der Waals surface area contributed by atoms with Gasteiger partial charge in [-0.25, -0.2) is 14.2 Å². The molecular formula is C25H19ClFN9O2. The molecule has 0 bridgehead atoms. The first kappa shape index (κ1) is 22.7. The highest BCUT2D eigenvalue weighted by Crippen LogP contribution is 2.44. The monoisotopic (exact) mass is 531 g/mol. The van der Waals surface area contributed by atoms with Crippen molar-refractivity contribution in [2.45, 2.75) is 37.3 Å². The predicted octanol–water partition coefficient (Wildman–Crippen LogP) is 3.40. The second-order valence-corrected chi connectivity index (χ2v) is 9.90. The van der Waals surface area contributed by atoms with Gasteiger partial charge in [-0.3, -0.25) is 4.79 Å². The third-order valence-electron chi connectivity index (χ3n) is 7.34. The zero-order valence-corrected chi connectivity index (χ0v) is 20.4. The first-order chi connectivity index (χ1) is 18.5. The average molecular weight is 532 g/mol. The fourth-order valence-corrected chi connectivity index (χ4v) is 5.81. The van der Waals surface area contributed by atoms with Crippen molar-refractivity contribution in [2.75, 3.05) is 0 Å². The molecular weight excluding hydrogens is 513 g/mol. The fraction of sp³-hybridized carbons (Fsp3) is 0.240. The van der Waals surface area contributed by atoms with E-state index in [-0.39, 0.29) is 40.5 Å². The van der Waals surface area contributed by atoms with E-state index in [2.05, 4.69) is 35.8 Å². The van der Waals surface area contributed by atoms with Gasteiger partial charge in [-0.05, 0) is 59.5 Å². The summed E-state index contributed by atoms with van der Waals surface area (Å²) < 4.78 is 16.7. The van der Waals surface area contributed by atoms with Crippen LogP contribution in [-0.4, -0.2) is 58.8 Å². The molecule has 0 radical (unpaired) electrons. The lowest BCUT2D eigenvalue weighted by Gasteiger charge is -2.33. The first-order valence-electron chi connectivity index (χ1n) is 12.1. The van der Waals surface area contributed by atoms with Crippen LogP contribution in [0.5, 0.6) is 0 Å². The van der Waals surface area contributed by atoms with Gasteiger partial charge >= 0.3 is 6.03 Å². The summed E-state index contributed by atoms with van der Waals surface area (Å²) >= 11 is 6.11. The number of rotatable bonds is 4. The molecule has 0 saturated carbocycles. The molecule has 0 spiro atoms. The molecule has 1 aliphatic carbocycles. The van der Waals surface area contributed by atoms with Crippen LogP contribution in [0.15, 0.2) is 59.7 Å². The molecule has 3 aliphatic heterocycles. The molecule has 3 aromatic rings. The third kappa shape index (κ3) is 3.59. The standard InChI is InChI=1S/C25H19ClFN9O2/c26-15-3-6-19(35-11-29-33-34-35)22(23(15)27)13-7-14-2-5-20(36(14)21(37)9-13)24-28-10-18(30-24)12-1-4-16-17(8-12)32-25(38)31-16/h1,3-4,6,8-12,14,20H,2,5,7H2,(H,28,30)(H,32,38)/t12?,14-,20+/m1/s1. The molecule has 3 amide bonds. The van der Waals surface area contributed by atoms with Crippen LogP contribution in [0.4, 0.5) is 9.18 Å². The number of H-pyrrole nitrogens is 1. The molecule has 2 aromatic heterocycles. The Labute approximate surface area is 219 Å². The topological polar surface area (TPSA) is 134 Å². The Morgan fingerprint density at radius 2 is 2.08 bits per heavy atom. The number of aromatic amines is 1. The summed E-state index contributed by atoms with van der Waals surface area (Å²) in [7, 11) is 0. The van der Waals surface area contributed by atoms with Crippen molar-refractivity contribution < 1.29 is 14.0 Å². The van der Waals surface area contributed by atoms with E-state index >= 15 is 4.39 Å². The summed E-state index contributed by atoms with van der Waals surface area (Å²) in [5.74, 6) is -0.246. The maximum Gasteiger partial charge on any atom is 0.346 e. The van der Waals surface area contributed by atoms with Crippen molar-refractivity contribution >= 4 is 34.8 Å². The molecule has 1 aromatic carbocycles. The molecule has 1 fully saturated rings. The van der Waals surface area contributed by atoms with Crippen LogP contribution >= 0.6 is 11.6 Å². The lowest BCUT2D eigenvalue weighted by Crippen LogP contribution is -2.39. The number of amides is 3. The van der Waals surface area contributed by atoms with Gasteiger partial charge in [0.05, 0.1) is 28.2 Å².